The molecule has 1 aliphatic carbocycles. The minimum absolute atomic E-state index is 0.379. The number of nitrogens with zero attached hydrogens (tertiary/aromatic N) is 1. The summed E-state index contributed by atoms with van der Waals surface area (Å²) in [6, 6.07) is 0. The van der Waals surface area contributed by atoms with Crippen LogP contribution >= 0.6 is 0 Å². The van der Waals surface area contributed by atoms with Gasteiger partial charge < -0.3 is 10.0 Å². The molecule has 1 fully saturated rings. The van der Waals surface area contributed by atoms with E-state index in [1.54, 1.807) is 0 Å². The van der Waals surface area contributed by atoms with Crippen LogP contribution in [-0.4, -0.2) is 34.5 Å². The van der Waals surface area contributed by atoms with E-state index in [2.05, 4.69) is 6.92 Å². The number of hydrogen-bond donors (Lipinski definition) is 1. The van der Waals surface area contributed by atoms with Gasteiger partial charge in [0, 0.05) is 6.54 Å². The van der Waals surface area contributed by atoms with Gasteiger partial charge >= 0.3 is 5.97 Å². The van der Waals surface area contributed by atoms with E-state index in [1.807, 2.05) is 6.92 Å². The quantitative estimate of drug-likeness (QED) is 0.730. The highest BCUT2D eigenvalue weighted by molar-refractivity contribution is 5.81. The molecule has 0 aromatic rings. The Hall–Kier alpha value is -1.06. The van der Waals surface area contributed by atoms with E-state index < -0.39 is 11.5 Å². The predicted octanol–water partition coefficient (Wildman–Crippen LogP) is 1.89. The smallest absolute Gasteiger partial charge is 0.329 e. The number of carbonyl (C=O) groups is 2. The van der Waals surface area contributed by atoms with Crippen molar-refractivity contribution in [3.05, 3.63) is 0 Å². The van der Waals surface area contributed by atoms with Gasteiger partial charge in [-0.3, -0.25) is 4.79 Å². The molecular formula is C12H21NO3. The molecule has 0 heterocycles. The maximum absolute atomic E-state index is 11.5. The maximum atomic E-state index is 11.5. The van der Waals surface area contributed by atoms with Gasteiger partial charge in [0.25, 0.3) is 0 Å². The molecule has 0 spiro atoms. The molecule has 0 radical (unpaired) electrons. The average Bonchev–Trinajstić information content (AvgIpc) is 2.25. The van der Waals surface area contributed by atoms with Crippen LogP contribution < -0.4 is 0 Å². The van der Waals surface area contributed by atoms with E-state index in [9.17, 15) is 14.7 Å². The zero-order valence-electron chi connectivity index (χ0n) is 10.1. The molecule has 0 aromatic carbocycles. The average molecular weight is 227 g/mol. The zero-order valence-corrected chi connectivity index (χ0v) is 10.1. The van der Waals surface area contributed by atoms with E-state index in [0.29, 0.717) is 31.7 Å². The number of carboxylic acids is 1. The van der Waals surface area contributed by atoms with Crippen molar-refractivity contribution in [1.29, 1.82) is 0 Å². The van der Waals surface area contributed by atoms with Crippen LogP contribution in [-0.2, 0) is 9.59 Å². The Labute approximate surface area is 96.6 Å². The molecule has 4 nitrogen and oxygen atoms in total. The van der Waals surface area contributed by atoms with Crippen LogP contribution in [0.25, 0.3) is 0 Å². The van der Waals surface area contributed by atoms with E-state index in [1.165, 1.54) is 4.90 Å². The summed E-state index contributed by atoms with van der Waals surface area (Å²) < 4.78 is 0. The highest BCUT2D eigenvalue weighted by Gasteiger charge is 2.46. The molecular weight excluding hydrogens is 206 g/mol. The number of aliphatic carboxylic acids is 1. The van der Waals surface area contributed by atoms with Gasteiger partial charge in [-0.15, -0.1) is 0 Å². The largest absolute Gasteiger partial charge is 0.479 e. The van der Waals surface area contributed by atoms with Crippen molar-refractivity contribution in [1.82, 2.24) is 4.90 Å². The second-order valence-corrected chi connectivity index (χ2v) is 4.84. The normalized spacial score (nSPS) is 29.8. The van der Waals surface area contributed by atoms with Crippen molar-refractivity contribution >= 4 is 12.4 Å². The fourth-order valence-corrected chi connectivity index (χ4v) is 2.71. The van der Waals surface area contributed by atoms with E-state index in [-0.39, 0.29) is 0 Å². The predicted molar refractivity (Wildman–Crippen MR) is 61.1 cm³/mol. The molecule has 0 aliphatic heterocycles. The molecule has 1 amide bonds. The molecule has 4 heteroatoms. The van der Waals surface area contributed by atoms with Crippen molar-refractivity contribution in [3.63, 3.8) is 0 Å². The summed E-state index contributed by atoms with van der Waals surface area (Å²) in [5.41, 5.74) is -0.949. The molecule has 1 rings (SSSR count). The summed E-state index contributed by atoms with van der Waals surface area (Å²) in [4.78, 5) is 24.1. The van der Waals surface area contributed by atoms with Crippen LogP contribution in [0.3, 0.4) is 0 Å². The number of rotatable bonds is 5. The molecule has 0 bridgehead atoms. The Morgan fingerprint density at radius 3 is 2.75 bits per heavy atom. The number of hydrogen-bond acceptors (Lipinski definition) is 2. The Morgan fingerprint density at radius 1 is 1.62 bits per heavy atom. The fourth-order valence-electron chi connectivity index (χ4n) is 2.71. The van der Waals surface area contributed by atoms with Crippen molar-refractivity contribution in [2.45, 2.75) is 51.5 Å². The lowest BCUT2D eigenvalue weighted by molar-refractivity contribution is -0.159. The molecule has 16 heavy (non-hydrogen) atoms. The second kappa shape index (κ2) is 5.32. The van der Waals surface area contributed by atoms with Gasteiger partial charge in [-0.25, -0.2) is 4.79 Å². The summed E-state index contributed by atoms with van der Waals surface area (Å²) in [6.07, 6.45) is 4.62. The van der Waals surface area contributed by atoms with E-state index >= 15 is 0 Å². The number of amides is 1. The fraction of sp³-hybridized carbons (Fsp3) is 0.833. The van der Waals surface area contributed by atoms with E-state index in [4.69, 9.17) is 0 Å². The topological polar surface area (TPSA) is 57.6 Å². The minimum Gasteiger partial charge on any atom is -0.479 e. The van der Waals surface area contributed by atoms with Gasteiger partial charge in [-0.2, -0.15) is 0 Å². The Bertz CT molecular complexity index is 267. The third-order valence-corrected chi connectivity index (χ3v) is 3.51. The Morgan fingerprint density at radius 2 is 2.31 bits per heavy atom. The number of carbonyl (C=O) groups excluding carboxylic acids is 1. The molecule has 92 valence electrons. The first-order valence-electron chi connectivity index (χ1n) is 6.02. The monoisotopic (exact) mass is 227 g/mol. The van der Waals surface area contributed by atoms with Gasteiger partial charge in [0.1, 0.15) is 5.54 Å². The van der Waals surface area contributed by atoms with Crippen molar-refractivity contribution < 1.29 is 14.7 Å². The summed E-state index contributed by atoms with van der Waals surface area (Å²) in [6.45, 7) is 4.55. The third kappa shape index (κ3) is 2.36. The van der Waals surface area contributed by atoms with Crippen molar-refractivity contribution in [2.75, 3.05) is 6.54 Å². The molecule has 2 unspecified atom stereocenters. The van der Waals surface area contributed by atoms with Crippen LogP contribution in [0.4, 0.5) is 0 Å². The lowest BCUT2D eigenvalue weighted by Gasteiger charge is -2.43. The minimum atomic E-state index is -0.949. The Kier molecular flexibility index (Phi) is 4.33. The number of carboxylic acid groups (broad SMARTS) is 1. The molecule has 0 aromatic heterocycles. The zero-order chi connectivity index (χ0) is 12.2. The second-order valence-electron chi connectivity index (χ2n) is 4.84. The molecule has 2 atom stereocenters. The van der Waals surface area contributed by atoms with Gasteiger partial charge in [0.2, 0.25) is 6.41 Å². The highest BCUT2D eigenvalue weighted by Crippen LogP contribution is 2.36. The van der Waals surface area contributed by atoms with Crippen LogP contribution in [0.2, 0.25) is 0 Å². The Balaban J connectivity index is 2.93. The summed E-state index contributed by atoms with van der Waals surface area (Å²) in [5, 5.41) is 9.43. The van der Waals surface area contributed by atoms with Crippen LogP contribution in [0.5, 0.6) is 0 Å². The molecule has 1 aliphatic rings. The lowest BCUT2D eigenvalue weighted by atomic mass is 9.75. The van der Waals surface area contributed by atoms with Crippen LogP contribution in [0.1, 0.15) is 46.0 Å². The first-order chi connectivity index (χ1) is 7.56. The highest BCUT2D eigenvalue weighted by atomic mass is 16.4. The first-order valence-corrected chi connectivity index (χ1v) is 6.02. The SMILES string of the molecule is CCCN(C=O)C1(C(=O)O)CCCC(C)C1. The van der Waals surface area contributed by atoms with E-state index in [0.717, 1.165) is 19.3 Å². The van der Waals surface area contributed by atoms with Gasteiger partial charge in [-0.05, 0) is 25.2 Å². The summed E-state index contributed by atoms with van der Waals surface area (Å²) in [5.74, 6) is -0.469. The molecule has 1 saturated carbocycles. The third-order valence-electron chi connectivity index (χ3n) is 3.51. The van der Waals surface area contributed by atoms with Gasteiger partial charge in [-0.1, -0.05) is 26.7 Å². The molecule has 0 saturated heterocycles. The standard InChI is InChI=1S/C12H21NO3/c1-3-7-13(9-14)12(11(15)16)6-4-5-10(2)8-12/h9-10H,3-8H2,1-2H3,(H,15,16). The van der Waals surface area contributed by atoms with Crippen LogP contribution in [0, 0.1) is 5.92 Å². The summed E-state index contributed by atoms with van der Waals surface area (Å²) >= 11 is 0. The summed E-state index contributed by atoms with van der Waals surface area (Å²) in [7, 11) is 0. The van der Waals surface area contributed by atoms with Gasteiger partial charge in [0.05, 0.1) is 0 Å². The first kappa shape index (κ1) is 13.0. The van der Waals surface area contributed by atoms with Crippen molar-refractivity contribution in [3.8, 4) is 0 Å². The van der Waals surface area contributed by atoms with Gasteiger partial charge in [0.15, 0.2) is 0 Å². The lowest BCUT2D eigenvalue weighted by Crippen LogP contribution is -2.56. The molecule has 1 N–H and O–H groups in total. The van der Waals surface area contributed by atoms with Crippen molar-refractivity contribution in [2.24, 2.45) is 5.92 Å². The van der Waals surface area contributed by atoms with Crippen LogP contribution in [0.15, 0.2) is 0 Å². The maximum Gasteiger partial charge on any atom is 0.329 e.